The van der Waals surface area contributed by atoms with Crippen LogP contribution in [-0.4, -0.2) is 37.0 Å². The van der Waals surface area contributed by atoms with E-state index in [1.54, 1.807) is 24.1 Å². The van der Waals surface area contributed by atoms with Crippen molar-refractivity contribution in [1.82, 2.24) is 10.2 Å². The van der Waals surface area contributed by atoms with Gasteiger partial charge < -0.3 is 10.2 Å². The molecule has 1 atom stereocenters. The van der Waals surface area contributed by atoms with Gasteiger partial charge in [0.25, 0.3) is 0 Å². The predicted octanol–water partition coefficient (Wildman–Crippen LogP) is 2.42. The van der Waals surface area contributed by atoms with Crippen molar-refractivity contribution in [2.45, 2.75) is 12.5 Å². The van der Waals surface area contributed by atoms with Crippen LogP contribution < -0.4 is 5.32 Å². The van der Waals surface area contributed by atoms with E-state index < -0.39 is 0 Å². The Morgan fingerprint density at radius 3 is 3.05 bits per heavy atom. The Bertz CT molecular complexity index is 498. The molecule has 3 nitrogen and oxygen atoms in total. The molecule has 102 valence electrons. The summed E-state index contributed by atoms with van der Waals surface area (Å²) in [4.78, 5) is 13.7. The fourth-order valence-electron chi connectivity index (χ4n) is 2.07. The monoisotopic (exact) mass is 326 g/mol. The topological polar surface area (TPSA) is 32.3 Å². The number of nitrogens with zero attached hydrogens (tertiary/aromatic N) is 1. The number of nitrogens with one attached hydrogen (secondary N) is 1. The SMILES string of the molecule is CN(C(=O)C=Cc1cc(Br)ccc1F)C1CCNC1. The van der Waals surface area contributed by atoms with Crippen molar-refractivity contribution in [3.05, 3.63) is 40.1 Å². The first kappa shape index (κ1) is 14.2. The van der Waals surface area contributed by atoms with E-state index in [9.17, 15) is 9.18 Å². The highest BCUT2D eigenvalue weighted by molar-refractivity contribution is 9.10. The minimum Gasteiger partial charge on any atom is -0.338 e. The molecule has 1 unspecified atom stereocenters. The minimum absolute atomic E-state index is 0.104. The second-order valence-electron chi connectivity index (χ2n) is 4.59. The Kier molecular flexibility index (Phi) is 4.71. The van der Waals surface area contributed by atoms with Crippen LogP contribution in [0.1, 0.15) is 12.0 Å². The molecule has 0 spiro atoms. The lowest BCUT2D eigenvalue weighted by molar-refractivity contribution is -0.126. The minimum atomic E-state index is -0.336. The third-order valence-corrected chi connectivity index (χ3v) is 3.79. The van der Waals surface area contributed by atoms with Crippen LogP contribution in [0.4, 0.5) is 4.39 Å². The van der Waals surface area contributed by atoms with Gasteiger partial charge in [0.15, 0.2) is 0 Å². The zero-order chi connectivity index (χ0) is 13.8. The van der Waals surface area contributed by atoms with Gasteiger partial charge in [0.1, 0.15) is 5.82 Å². The van der Waals surface area contributed by atoms with E-state index in [1.165, 1.54) is 18.2 Å². The van der Waals surface area contributed by atoms with Gasteiger partial charge in [-0.15, -0.1) is 0 Å². The van der Waals surface area contributed by atoms with Crippen molar-refractivity contribution in [2.75, 3.05) is 20.1 Å². The molecule has 0 bridgehead atoms. The van der Waals surface area contributed by atoms with Crippen molar-refractivity contribution in [2.24, 2.45) is 0 Å². The number of carbonyl (C=O) groups excluding carboxylic acids is 1. The van der Waals surface area contributed by atoms with Crippen LogP contribution in [-0.2, 0) is 4.79 Å². The van der Waals surface area contributed by atoms with E-state index in [2.05, 4.69) is 21.2 Å². The Morgan fingerprint density at radius 2 is 2.37 bits per heavy atom. The van der Waals surface area contributed by atoms with Gasteiger partial charge in [-0.1, -0.05) is 15.9 Å². The van der Waals surface area contributed by atoms with Gasteiger partial charge in [-0.3, -0.25) is 4.79 Å². The second-order valence-corrected chi connectivity index (χ2v) is 5.51. The van der Waals surface area contributed by atoms with Crippen LogP contribution in [0.3, 0.4) is 0 Å². The van der Waals surface area contributed by atoms with Crippen molar-refractivity contribution >= 4 is 27.9 Å². The standard InChI is InChI=1S/C14H16BrFN2O/c1-18(12-6-7-17-9-12)14(19)5-2-10-8-11(15)3-4-13(10)16/h2-5,8,12,17H,6-7,9H2,1H3. The maximum absolute atomic E-state index is 13.5. The lowest BCUT2D eigenvalue weighted by atomic mass is 10.2. The number of benzene rings is 1. The molecule has 2 rings (SSSR count). The molecule has 1 N–H and O–H groups in total. The molecule has 1 aromatic rings. The number of amides is 1. The quantitative estimate of drug-likeness (QED) is 0.865. The van der Waals surface area contributed by atoms with E-state index >= 15 is 0 Å². The molecule has 0 saturated carbocycles. The summed E-state index contributed by atoms with van der Waals surface area (Å²) < 4.78 is 14.3. The van der Waals surface area contributed by atoms with Gasteiger partial charge in [-0.2, -0.15) is 0 Å². The van der Waals surface area contributed by atoms with Crippen LogP contribution in [0.15, 0.2) is 28.7 Å². The van der Waals surface area contributed by atoms with Crippen LogP contribution >= 0.6 is 15.9 Å². The van der Waals surface area contributed by atoms with Crippen molar-refractivity contribution in [1.29, 1.82) is 0 Å². The van der Waals surface area contributed by atoms with Crippen molar-refractivity contribution in [3.8, 4) is 0 Å². The first-order valence-electron chi connectivity index (χ1n) is 6.18. The van der Waals surface area contributed by atoms with Crippen LogP contribution in [0.25, 0.3) is 6.08 Å². The molecular formula is C14H16BrFN2O. The van der Waals surface area contributed by atoms with E-state index in [4.69, 9.17) is 0 Å². The van der Waals surface area contributed by atoms with Gasteiger partial charge in [0.05, 0.1) is 0 Å². The number of hydrogen-bond donors (Lipinski definition) is 1. The lowest BCUT2D eigenvalue weighted by Crippen LogP contribution is -2.37. The molecule has 1 amide bonds. The second kappa shape index (κ2) is 6.30. The Balaban J connectivity index is 2.04. The van der Waals surface area contributed by atoms with Crippen molar-refractivity contribution < 1.29 is 9.18 Å². The van der Waals surface area contributed by atoms with Gasteiger partial charge >= 0.3 is 0 Å². The smallest absolute Gasteiger partial charge is 0.246 e. The molecule has 1 saturated heterocycles. The molecule has 0 aromatic heterocycles. The van der Waals surface area contributed by atoms with Crippen LogP contribution in [0, 0.1) is 5.82 Å². The van der Waals surface area contributed by atoms with E-state index in [0.717, 1.165) is 24.0 Å². The third kappa shape index (κ3) is 3.64. The number of rotatable bonds is 3. The Labute approximate surface area is 120 Å². The number of hydrogen-bond acceptors (Lipinski definition) is 2. The molecule has 1 aliphatic rings. The maximum Gasteiger partial charge on any atom is 0.246 e. The van der Waals surface area contributed by atoms with Gasteiger partial charge in [-0.25, -0.2) is 4.39 Å². The highest BCUT2D eigenvalue weighted by Crippen LogP contribution is 2.17. The fraction of sp³-hybridized carbons (Fsp3) is 0.357. The average molecular weight is 327 g/mol. The van der Waals surface area contributed by atoms with Gasteiger partial charge in [0.2, 0.25) is 5.91 Å². The molecule has 0 aliphatic carbocycles. The van der Waals surface area contributed by atoms with E-state index in [0.29, 0.717) is 5.56 Å². The van der Waals surface area contributed by atoms with Crippen LogP contribution in [0.5, 0.6) is 0 Å². The molecule has 19 heavy (non-hydrogen) atoms. The lowest BCUT2D eigenvalue weighted by Gasteiger charge is -2.22. The molecule has 1 aliphatic heterocycles. The van der Waals surface area contributed by atoms with Crippen LogP contribution in [0.2, 0.25) is 0 Å². The average Bonchev–Trinajstić information content (AvgIpc) is 2.92. The maximum atomic E-state index is 13.5. The number of carbonyl (C=O) groups is 1. The zero-order valence-corrected chi connectivity index (χ0v) is 12.3. The highest BCUT2D eigenvalue weighted by Gasteiger charge is 2.21. The summed E-state index contributed by atoms with van der Waals surface area (Å²) >= 11 is 3.28. The number of halogens is 2. The fourth-order valence-corrected chi connectivity index (χ4v) is 2.45. The summed E-state index contributed by atoms with van der Waals surface area (Å²) in [7, 11) is 1.78. The molecule has 1 fully saturated rings. The van der Waals surface area contributed by atoms with E-state index in [1.807, 2.05) is 0 Å². The Hall–Kier alpha value is -1.20. The van der Waals surface area contributed by atoms with Gasteiger partial charge in [-0.05, 0) is 37.2 Å². The highest BCUT2D eigenvalue weighted by atomic mass is 79.9. The normalized spacial score (nSPS) is 19.0. The summed E-state index contributed by atoms with van der Waals surface area (Å²) in [6.45, 7) is 1.76. The molecule has 1 heterocycles. The van der Waals surface area contributed by atoms with E-state index in [-0.39, 0.29) is 17.8 Å². The first-order valence-corrected chi connectivity index (χ1v) is 6.98. The summed E-state index contributed by atoms with van der Waals surface area (Å²) in [5, 5.41) is 3.21. The number of likely N-dealkylation sites (N-methyl/N-ethyl adjacent to an activating group) is 1. The first-order chi connectivity index (χ1) is 9.08. The summed E-state index contributed by atoms with van der Waals surface area (Å²) in [6, 6.07) is 4.88. The third-order valence-electron chi connectivity index (χ3n) is 3.29. The Morgan fingerprint density at radius 1 is 1.58 bits per heavy atom. The predicted molar refractivity (Wildman–Crippen MR) is 77.2 cm³/mol. The molecule has 5 heteroatoms. The largest absolute Gasteiger partial charge is 0.338 e. The van der Waals surface area contributed by atoms with Crippen molar-refractivity contribution in [3.63, 3.8) is 0 Å². The molecule has 0 radical (unpaired) electrons. The zero-order valence-electron chi connectivity index (χ0n) is 10.7. The molecule has 1 aromatic carbocycles. The molecular weight excluding hydrogens is 311 g/mol. The summed E-state index contributed by atoms with van der Waals surface area (Å²) in [5.41, 5.74) is 0.403. The van der Waals surface area contributed by atoms with Gasteiger partial charge in [0, 0.05) is 35.7 Å². The summed E-state index contributed by atoms with van der Waals surface area (Å²) in [6.07, 6.45) is 3.89. The summed E-state index contributed by atoms with van der Waals surface area (Å²) in [5.74, 6) is -0.439.